The molecule has 12 nitrogen and oxygen atoms in total. The molecular formula is C29H47ClN6O6. The third kappa shape index (κ3) is 11.2. The molecule has 42 heavy (non-hydrogen) atoms. The fraction of sp³-hybridized carbons (Fsp3) is 0.655. The molecule has 236 valence electrons. The number of halogens is 1. The molecule has 0 fully saturated rings. The molecule has 13 heteroatoms. The summed E-state index contributed by atoms with van der Waals surface area (Å²) in [6, 6.07) is -2.43. The summed E-state index contributed by atoms with van der Waals surface area (Å²) < 4.78 is 6.24. The molecule has 1 unspecified atom stereocenters. The summed E-state index contributed by atoms with van der Waals surface area (Å²) in [6.07, 6.45) is 8.38. The maximum absolute atomic E-state index is 13.5. The number of hydrogen-bond donors (Lipinski definition) is 4. The number of carboxylic acid groups (broad SMARTS) is 1. The molecule has 0 spiro atoms. The molecule has 2 aromatic rings. The van der Waals surface area contributed by atoms with Crippen molar-refractivity contribution in [2.75, 3.05) is 18.4 Å². The fourth-order valence-electron chi connectivity index (χ4n) is 4.22. The molecule has 1 amide bonds. The lowest BCUT2D eigenvalue weighted by Gasteiger charge is -2.25. The van der Waals surface area contributed by atoms with Gasteiger partial charge in [0.15, 0.2) is 5.82 Å². The van der Waals surface area contributed by atoms with Crippen LogP contribution in [0.25, 0.3) is 0 Å². The van der Waals surface area contributed by atoms with Crippen LogP contribution in [0.2, 0.25) is 0 Å². The van der Waals surface area contributed by atoms with Gasteiger partial charge in [0.1, 0.15) is 29.8 Å². The summed E-state index contributed by atoms with van der Waals surface area (Å²) in [6.45, 7) is 12.4. The van der Waals surface area contributed by atoms with Crippen molar-refractivity contribution in [3.8, 4) is 0 Å². The van der Waals surface area contributed by atoms with Gasteiger partial charge in [-0.25, -0.2) is 9.78 Å². The number of nitrogens with zero attached hydrogens (tertiary/aromatic N) is 3. The Morgan fingerprint density at radius 2 is 1.81 bits per heavy atom. The number of aryl methyl sites for hydroxylation is 1. The van der Waals surface area contributed by atoms with Gasteiger partial charge in [-0.05, 0) is 26.3 Å². The molecule has 0 saturated carbocycles. The van der Waals surface area contributed by atoms with Crippen molar-refractivity contribution in [3.05, 3.63) is 39.8 Å². The van der Waals surface area contributed by atoms with Gasteiger partial charge in [-0.1, -0.05) is 65.5 Å². The zero-order valence-electron chi connectivity index (χ0n) is 25.6. The van der Waals surface area contributed by atoms with Crippen molar-refractivity contribution in [2.45, 2.75) is 111 Å². The Balaban J connectivity index is 0.00000882. The summed E-state index contributed by atoms with van der Waals surface area (Å²) in [7, 11) is 0. The van der Waals surface area contributed by atoms with Crippen molar-refractivity contribution in [3.63, 3.8) is 0 Å². The van der Waals surface area contributed by atoms with Crippen molar-refractivity contribution >= 4 is 35.9 Å². The minimum atomic E-state index is -1.41. The minimum Gasteiger partial charge on any atom is -0.480 e. The van der Waals surface area contributed by atoms with E-state index in [0.29, 0.717) is 17.9 Å². The van der Waals surface area contributed by atoms with Crippen LogP contribution in [0.15, 0.2) is 21.8 Å². The van der Waals surface area contributed by atoms with Gasteiger partial charge in [0, 0.05) is 23.6 Å². The summed E-state index contributed by atoms with van der Waals surface area (Å²) in [4.78, 5) is 55.7. The number of carbonyl (C=O) groups excluding carboxylic acids is 2. The van der Waals surface area contributed by atoms with E-state index in [-0.39, 0.29) is 49.9 Å². The van der Waals surface area contributed by atoms with E-state index < -0.39 is 34.9 Å². The van der Waals surface area contributed by atoms with Crippen LogP contribution in [0, 0.1) is 6.92 Å². The zero-order chi connectivity index (χ0) is 30.6. The molecule has 0 aliphatic heterocycles. The van der Waals surface area contributed by atoms with E-state index in [2.05, 4.69) is 33.0 Å². The maximum atomic E-state index is 13.5. The molecule has 2 atom stereocenters. The molecule has 2 aromatic heterocycles. The van der Waals surface area contributed by atoms with Crippen LogP contribution in [0.1, 0.15) is 103 Å². The van der Waals surface area contributed by atoms with E-state index >= 15 is 0 Å². The number of amides is 1. The Hall–Kier alpha value is -3.25. The van der Waals surface area contributed by atoms with E-state index in [0.717, 1.165) is 31.2 Å². The minimum absolute atomic E-state index is 0. The third-order valence-electron chi connectivity index (χ3n) is 6.82. The second-order valence-corrected chi connectivity index (χ2v) is 11.4. The van der Waals surface area contributed by atoms with E-state index in [9.17, 15) is 24.3 Å². The average molecular weight is 611 g/mol. The molecule has 2 rings (SSSR count). The van der Waals surface area contributed by atoms with Crippen LogP contribution in [0.5, 0.6) is 0 Å². The van der Waals surface area contributed by atoms with Gasteiger partial charge in [-0.2, -0.15) is 0 Å². The van der Waals surface area contributed by atoms with E-state index in [1.165, 1.54) is 23.4 Å². The number of unbranched alkanes of at least 4 members (excludes halogenated alkanes) is 4. The molecule has 0 radical (unpaired) electrons. The van der Waals surface area contributed by atoms with Gasteiger partial charge in [-0.3, -0.25) is 19.0 Å². The Labute approximate surface area is 253 Å². The number of ketones is 1. The number of carbonyl (C=O) groups is 3. The average Bonchev–Trinajstić information content (AvgIpc) is 3.32. The van der Waals surface area contributed by atoms with Gasteiger partial charge in [0.05, 0.1) is 18.8 Å². The van der Waals surface area contributed by atoms with Crippen LogP contribution >= 0.6 is 12.4 Å². The Morgan fingerprint density at radius 3 is 2.38 bits per heavy atom. The van der Waals surface area contributed by atoms with Crippen molar-refractivity contribution in [2.24, 2.45) is 0 Å². The zero-order valence-corrected chi connectivity index (χ0v) is 26.4. The van der Waals surface area contributed by atoms with Crippen molar-refractivity contribution < 1.29 is 24.0 Å². The first-order valence-electron chi connectivity index (χ1n) is 14.4. The quantitative estimate of drug-likeness (QED) is 0.182. The van der Waals surface area contributed by atoms with Gasteiger partial charge in [0.25, 0.3) is 5.56 Å². The number of anilines is 1. The summed E-state index contributed by atoms with van der Waals surface area (Å²) >= 11 is 0. The van der Waals surface area contributed by atoms with E-state index in [4.69, 9.17) is 4.52 Å². The molecule has 0 aliphatic rings. The summed E-state index contributed by atoms with van der Waals surface area (Å²) in [5.41, 5.74) is 1.00. The molecule has 2 heterocycles. The molecule has 0 aromatic carbocycles. The van der Waals surface area contributed by atoms with Crippen molar-refractivity contribution in [1.82, 2.24) is 25.3 Å². The van der Waals surface area contributed by atoms with Crippen LogP contribution in [-0.2, 0) is 26.3 Å². The summed E-state index contributed by atoms with van der Waals surface area (Å²) in [5, 5.41) is 22.2. The lowest BCUT2D eigenvalue weighted by atomic mass is 9.92. The molecule has 0 aliphatic carbocycles. The Bertz CT molecular complexity index is 1220. The van der Waals surface area contributed by atoms with Crippen LogP contribution < -0.4 is 21.5 Å². The Kier molecular flexibility index (Phi) is 15.5. The lowest BCUT2D eigenvalue weighted by molar-refractivity contribution is -0.143. The monoisotopic (exact) mass is 610 g/mol. The molecule has 0 saturated heterocycles. The number of hydrogen-bond acceptors (Lipinski definition) is 9. The first-order valence-corrected chi connectivity index (χ1v) is 14.4. The standard InChI is InChI=1S/C29H46N6O6.ClH/c1-7-9-10-11-12-13-30-15-20(36)14-21(28(39)40)32-26(37)23(8-2)35-17-24(29(4,5)6)33-25(27(35)38)31-16-22-19(3)18-41-34-22;/h17-18,21,23,30H,7-16H2,1-6H3,(H,31,33)(H,32,37)(H,39,40);1H/t21?,23-;/m0./s1. The highest BCUT2D eigenvalue weighted by Gasteiger charge is 2.30. The third-order valence-corrected chi connectivity index (χ3v) is 6.82. The number of rotatable bonds is 18. The number of nitrogens with one attached hydrogen (secondary N) is 3. The molecule has 4 N–H and O–H groups in total. The number of aliphatic carboxylic acids is 1. The van der Waals surface area contributed by atoms with Crippen LogP contribution in [0.3, 0.4) is 0 Å². The Morgan fingerprint density at radius 1 is 1.12 bits per heavy atom. The SMILES string of the molecule is CCCCCCCNCC(=O)CC(NC(=O)[C@H](CC)n1cc(C(C)(C)C)nc(NCc2nocc2C)c1=O)C(=O)O.Cl. The number of Topliss-reactive ketones (excluding diaryl/α,β-unsaturated/α-hetero) is 1. The smallest absolute Gasteiger partial charge is 0.326 e. The van der Waals surface area contributed by atoms with E-state index in [1.807, 2.05) is 27.7 Å². The predicted octanol–water partition coefficient (Wildman–Crippen LogP) is 3.91. The molecular weight excluding hydrogens is 564 g/mol. The predicted molar refractivity (Wildman–Crippen MR) is 163 cm³/mol. The van der Waals surface area contributed by atoms with E-state index in [1.54, 1.807) is 6.92 Å². The van der Waals surface area contributed by atoms with Crippen LogP contribution in [0.4, 0.5) is 5.82 Å². The first kappa shape index (κ1) is 36.8. The number of carboxylic acids is 1. The topological polar surface area (TPSA) is 168 Å². The fourth-order valence-corrected chi connectivity index (χ4v) is 4.22. The lowest BCUT2D eigenvalue weighted by Crippen LogP contribution is -2.47. The maximum Gasteiger partial charge on any atom is 0.326 e. The summed E-state index contributed by atoms with van der Waals surface area (Å²) in [5.74, 6) is -2.26. The highest BCUT2D eigenvalue weighted by molar-refractivity contribution is 5.91. The second kappa shape index (κ2) is 17.6. The molecule has 0 bridgehead atoms. The van der Waals surface area contributed by atoms with Gasteiger partial charge < -0.3 is 25.6 Å². The largest absolute Gasteiger partial charge is 0.480 e. The van der Waals surface area contributed by atoms with Crippen molar-refractivity contribution in [1.29, 1.82) is 0 Å². The second-order valence-electron chi connectivity index (χ2n) is 11.4. The van der Waals surface area contributed by atoms with Gasteiger partial charge in [-0.15, -0.1) is 12.4 Å². The number of aromatic nitrogens is 3. The van der Waals surface area contributed by atoms with Crippen LogP contribution in [-0.4, -0.2) is 56.6 Å². The normalized spacial score (nSPS) is 12.7. The van der Waals surface area contributed by atoms with Gasteiger partial charge in [0.2, 0.25) is 5.91 Å². The highest BCUT2D eigenvalue weighted by atomic mass is 35.5. The van der Waals surface area contributed by atoms with Gasteiger partial charge >= 0.3 is 5.97 Å². The highest BCUT2D eigenvalue weighted by Crippen LogP contribution is 2.22. The first-order chi connectivity index (χ1) is 19.4.